The number of aromatic nitrogens is 8. The molecule has 0 aliphatic heterocycles. The minimum atomic E-state index is 0. The van der Waals surface area contributed by atoms with Crippen LogP contribution in [0.1, 0.15) is 0 Å². The Hall–Kier alpha value is -5.86. The summed E-state index contributed by atoms with van der Waals surface area (Å²) >= 11 is 19.1. The first-order valence-corrected chi connectivity index (χ1v) is 19.6. The summed E-state index contributed by atoms with van der Waals surface area (Å²) in [6, 6.07) is 44.8. The number of hydrogen-bond acceptors (Lipinski definition) is 10. The zero-order valence-corrected chi connectivity index (χ0v) is 40.7. The number of halogens is 4. The SMILES string of the molecule is ClCCl.ClCCl.[C-]#N.[C-]#N.[Cr+2].[Cr+2].[Cr+2].c1ccc([N-]c2ccccn2)nc1.c1ccc([N-]c2ccccn2)nc1.c1ccc([N-]c2ccccn2)nc1.c1ccc([N-]c2ccccn2)nc1. The van der Waals surface area contributed by atoms with Crippen LogP contribution < -0.4 is 0 Å². The summed E-state index contributed by atoms with van der Waals surface area (Å²) in [7, 11) is 0. The van der Waals surface area contributed by atoms with E-state index < -0.39 is 0 Å². The molecule has 14 nitrogen and oxygen atoms in total. The molecule has 8 rings (SSSR count). The Morgan fingerprint density at radius 3 is 0.462 bits per heavy atom. The van der Waals surface area contributed by atoms with Gasteiger partial charge in [-0.3, -0.25) is 0 Å². The first kappa shape index (κ1) is 63.4. The maximum Gasteiger partial charge on any atom is 2.00 e. The van der Waals surface area contributed by atoms with E-state index in [4.69, 9.17) is 70.1 Å². The summed E-state index contributed by atoms with van der Waals surface area (Å²) in [5.74, 6) is 5.45. The zero-order chi connectivity index (χ0) is 45.1. The van der Waals surface area contributed by atoms with Crippen molar-refractivity contribution in [3.05, 3.63) is 230 Å². The number of nitrogens with zero attached hydrogens (tertiary/aromatic N) is 14. The summed E-state index contributed by atoms with van der Waals surface area (Å²) in [5.41, 5.74) is 0. The van der Waals surface area contributed by atoms with Gasteiger partial charge in [0, 0.05) is 46.5 Å². The van der Waals surface area contributed by atoms with Gasteiger partial charge in [0.05, 0.1) is 10.7 Å². The Morgan fingerprint density at radius 1 is 0.277 bits per heavy atom. The van der Waals surface area contributed by atoms with Gasteiger partial charge in [-0.1, -0.05) is 97.1 Å². The molecule has 8 heterocycles. The van der Waals surface area contributed by atoms with Crippen molar-refractivity contribution in [2.45, 2.75) is 0 Å². The monoisotopic (exact) mass is 1060 g/mol. The van der Waals surface area contributed by atoms with E-state index in [1.165, 1.54) is 0 Å². The standard InChI is InChI=1S/4C10H8N3.2CH2Cl2.2CN.3Cr/c4*1-3-7-11-9(5-1)13-10-6-2-4-8-12-10;2*2-1-3;2*1-2;;;/h4*1-8H;2*1H2;;;;;/q4*-1;;;2*-1;3*+2. The van der Waals surface area contributed by atoms with Gasteiger partial charge in [0.1, 0.15) is 0 Å². The molecule has 0 fully saturated rings. The molecule has 0 spiro atoms. The van der Waals surface area contributed by atoms with Crippen LogP contribution in [0.15, 0.2) is 195 Å². The van der Waals surface area contributed by atoms with Gasteiger partial charge in [0.25, 0.3) is 0 Å². The fourth-order valence-corrected chi connectivity index (χ4v) is 3.83. The van der Waals surface area contributed by atoms with E-state index in [2.05, 4.69) is 61.1 Å². The van der Waals surface area contributed by atoms with Crippen molar-refractivity contribution in [1.82, 2.24) is 39.9 Å². The molecule has 0 unspecified atom stereocenters. The van der Waals surface area contributed by atoms with Crippen molar-refractivity contribution in [3.8, 4) is 0 Å². The second kappa shape index (κ2) is 46.1. The molecule has 0 radical (unpaired) electrons. The van der Waals surface area contributed by atoms with Crippen LogP contribution >= 0.6 is 46.4 Å². The molecule has 0 aromatic carbocycles. The molecule has 65 heavy (non-hydrogen) atoms. The molecule has 0 aliphatic carbocycles. The van der Waals surface area contributed by atoms with Crippen molar-refractivity contribution in [1.29, 1.82) is 10.5 Å². The number of rotatable bonds is 8. The van der Waals surface area contributed by atoms with Crippen LogP contribution in [0.4, 0.5) is 46.5 Å². The average molecular weight is 1060 g/mol. The van der Waals surface area contributed by atoms with Crippen LogP contribution in [0.5, 0.6) is 0 Å². The Labute approximate surface area is 432 Å². The van der Waals surface area contributed by atoms with Gasteiger partial charge in [-0.15, -0.1) is 46.4 Å². The molecule has 0 amide bonds. The topological polar surface area (TPSA) is 207 Å². The molecule has 0 aliphatic rings. The van der Waals surface area contributed by atoms with Gasteiger partial charge in [0.15, 0.2) is 0 Å². The average Bonchev–Trinajstić information content (AvgIpc) is 3.34. The largest absolute Gasteiger partial charge is 2.00 e. The molecule has 21 heteroatoms. The van der Waals surface area contributed by atoms with Crippen LogP contribution in [0.25, 0.3) is 21.3 Å². The molecule has 8 aromatic rings. The molecular formula is C44H36Cl4Cr3N14. The fraction of sp³-hybridized carbons (Fsp3) is 0.0455. The van der Waals surface area contributed by atoms with E-state index in [0.717, 1.165) is 0 Å². The Bertz CT molecular complexity index is 1760. The third kappa shape index (κ3) is 33.3. The van der Waals surface area contributed by atoms with Gasteiger partial charge in [-0.05, 0) is 98.1 Å². The quantitative estimate of drug-likeness (QED) is 0.104. The van der Waals surface area contributed by atoms with Crippen LogP contribution in [0, 0.1) is 23.7 Å². The fourth-order valence-electron chi connectivity index (χ4n) is 3.83. The van der Waals surface area contributed by atoms with E-state index >= 15 is 0 Å². The maximum atomic E-state index is 6.25. The molecular weight excluding hydrogens is 1020 g/mol. The number of alkyl halides is 4. The van der Waals surface area contributed by atoms with Crippen LogP contribution in [-0.2, 0) is 52.1 Å². The van der Waals surface area contributed by atoms with E-state index in [9.17, 15) is 0 Å². The molecule has 0 bridgehead atoms. The normalized spacial score (nSPS) is 8.25. The van der Waals surface area contributed by atoms with Gasteiger partial charge in [-0.2, -0.15) is 0 Å². The Kier molecular flexibility index (Phi) is 45.0. The van der Waals surface area contributed by atoms with Crippen molar-refractivity contribution < 1.29 is 52.1 Å². The van der Waals surface area contributed by atoms with Crippen molar-refractivity contribution in [2.24, 2.45) is 0 Å². The zero-order valence-electron chi connectivity index (χ0n) is 33.9. The third-order valence-corrected chi connectivity index (χ3v) is 6.11. The van der Waals surface area contributed by atoms with Crippen molar-refractivity contribution in [3.63, 3.8) is 0 Å². The number of hydrogen-bond donors (Lipinski definition) is 0. The molecule has 0 saturated heterocycles. The predicted octanol–water partition coefficient (Wildman–Crippen LogP) is 14.3. The minimum Gasteiger partial charge on any atom is -0.512 e. The first-order chi connectivity index (χ1) is 30.6. The van der Waals surface area contributed by atoms with Gasteiger partial charge < -0.3 is 84.8 Å². The summed E-state index contributed by atoms with van der Waals surface area (Å²) < 4.78 is 0. The maximum absolute atomic E-state index is 6.25. The van der Waals surface area contributed by atoms with Gasteiger partial charge in [-0.25, -0.2) is 0 Å². The molecule has 0 saturated carbocycles. The summed E-state index contributed by atoms with van der Waals surface area (Å²) in [6.07, 6.45) is 13.7. The summed E-state index contributed by atoms with van der Waals surface area (Å²) in [6.45, 7) is 9.50. The summed E-state index contributed by atoms with van der Waals surface area (Å²) in [5, 5.41) is 29.8. The van der Waals surface area contributed by atoms with E-state index in [-0.39, 0.29) is 62.8 Å². The Morgan fingerprint density at radius 2 is 0.385 bits per heavy atom. The van der Waals surface area contributed by atoms with E-state index in [1.807, 2.05) is 146 Å². The van der Waals surface area contributed by atoms with E-state index in [0.29, 0.717) is 46.5 Å². The minimum absolute atomic E-state index is 0. The van der Waals surface area contributed by atoms with Crippen molar-refractivity contribution in [2.75, 3.05) is 10.7 Å². The predicted molar refractivity (Wildman–Crippen MR) is 248 cm³/mol. The van der Waals surface area contributed by atoms with Crippen LogP contribution in [0.3, 0.4) is 0 Å². The van der Waals surface area contributed by atoms with Crippen LogP contribution in [-0.4, -0.2) is 50.6 Å². The third-order valence-electron chi connectivity index (χ3n) is 6.11. The summed E-state index contributed by atoms with van der Waals surface area (Å²) in [4.78, 5) is 32.5. The molecule has 0 atom stereocenters. The van der Waals surface area contributed by atoms with Gasteiger partial charge in [0.2, 0.25) is 0 Å². The molecule has 8 aromatic heterocycles. The number of pyridine rings is 8. The second-order valence-corrected chi connectivity index (χ2v) is 11.8. The smallest absolute Gasteiger partial charge is 0.512 e. The van der Waals surface area contributed by atoms with Gasteiger partial charge >= 0.3 is 52.1 Å². The van der Waals surface area contributed by atoms with Crippen LogP contribution in [0.2, 0.25) is 0 Å². The van der Waals surface area contributed by atoms with E-state index in [1.54, 1.807) is 49.6 Å². The molecule has 0 N–H and O–H groups in total. The Balaban J connectivity index is -0.000000727. The second-order valence-electron chi connectivity index (χ2n) is 10.2. The van der Waals surface area contributed by atoms with Crippen molar-refractivity contribution >= 4 is 92.9 Å². The first-order valence-electron chi connectivity index (χ1n) is 17.5. The molecule has 328 valence electrons.